The van der Waals surface area contributed by atoms with Crippen LogP contribution >= 0.6 is 0 Å². The van der Waals surface area contributed by atoms with E-state index in [1.54, 1.807) is 12.1 Å². The first-order valence-electron chi connectivity index (χ1n) is 4.46. The minimum absolute atomic E-state index is 0.409. The monoisotopic (exact) mass is 202 g/mol. The molecule has 2 aromatic carbocycles. The number of benzene rings is 1. The molecule has 0 aromatic heterocycles. The maximum Gasteiger partial charge on any atom is 0.112 e. The summed E-state index contributed by atoms with van der Waals surface area (Å²) in [6.45, 7) is 0. The van der Waals surface area contributed by atoms with Gasteiger partial charge in [-0.15, -0.1) is 0 Å². The molecule has 0 heterocycles. The van der Waals surface area contributed by atoms with Gasteiger partial charge in [0.15, 0.2) is 0 Å². The van der Waals surface area contributed by atoms with Crippen LogP contribution in [0.3, 0.4) is 0 Å². The van der Waals surface area contributed by atoms with E-state index in [0.29, 0.717) is 11.0 Å². The van der Waals surface area contributed by atoms with Crippen molar-refractivity contribution < 1.29 is 10.4 Å². The summed E-state index contributed by atoms with van der Waals surface area (Å²) in [5, 5.41) is 23.0. The summed E-state index contributed by atoms with van der Waals surface area (Å²) in [4.78, 5) is 0. The average Bonchev–Trinajstić information content (AvgIpc) is 2.48. The van der Waals surface area contributed by atoms with Crippen LogP contribution in [0.15, 0.2) is 47.6 Å². The SMILES string of the molecule is ON=c1cc(NO)ccc2ccccc12. The highest BCUT2D eigenvalue weighted by atomic mass is 16.5. The largest absolute Gasteiger partial charge is 0.410 e. The van der Waals surface area contributed by atoms with Crippen LogP contribution in [0.5, 0.6) is 0 Å². The van der Waals surface area contributed by atoms with Gasteiger partial charge in [-0.2, -0.15) is 0 Å². The molecule has 0 saturated heterocycles. The number of hydrogen-bond acceptors (Lipinski definition) is 4. The van der Waals surface area contributed by atoms with E-state index in [0.717, 1.165) is 10.8 Å². The van der Waals surface area contributed by atoms with Crippen molar-refractivity contribution in [3.8, 4) is 0 Å². The van der Waals surface area contributed by atoms with Crippen molar-refractivity contribution in [1.82, 2.24) is 0 Å². The number of nitrogens with zero attached hydrogens (tertiary/aromatic N) is 1. The lowest BCUT2D eigenvalue weighted by Gasteiger charge is -1.90. The minimum atomic E-state index is 0.409. The lowest BCUT2D eigenvalue weighted by Crippen LogP contribution is -2.00. The van der Waals surface area contributed by atoms with Gasteiger partial charge >= 0.3 is 0 Å². The second-order valence-corrected chi connectivity index (χ2v) is 3.12. The Morgan fingerprint density at radius 1 is 1.07 bits per heavy atom. The van der Waals surface area contributed by atoms with Gasteiger partial charge in [0, 0.05) is 5.39 Å². The van der Waals surface area contributed by atoms with Gasteiger partial charge in [-0.3, -0.25) is 10.7 Å². The zero-order valence-corrected chi connectivity index (χ0v) is 7.88. The van der Waals surface area contributed by atoms with Crippen LogP contribution < -0.4 is 10.8 Å². The third-order valence-corrected chi connectivity index (χ3v) is 2.21. The van der Waals surface area contributed by atoms with Crippen molar-refractivity contribution in [2.45, 2.75) is 0 Å². The van der Waals surface area contributed by atoms with Gasteiger partial charge in [-0.25, -0.2) is 0 Å². The van der Waals surface area contributed by atoms with Gasteiger partial charge in [0.2, 0.25) is 0 Å². The Hall–Kier alpha value is -2.07. The van der Waals surface area contributed by atoms with Crippen LogP contribution in [0, 0.1) is 0 Å². The van der Waals surface area contributed by atoms with E-state index >= 15 is 0 Å². The second kappa shape index (κ2) is 3.98. The van der Waals surface area contributed by atoms with Gasteiger partial charge in [0.25, 0.3) is 0 Å². The fourth-order valence-electron chi connectivity index (χ4n) is 1.48. The molecule has 2 rings (SSSR count). The van der Waals surface area contributed by atoms with E-state index < -0.39 is 0 Å². The molecule has 4 nitrogen and oxygen atoms in total. The number of hydrogen-bond donors (Lipinski definition) is 3. The Morgan fingerprint density at radius 3 is 2.60 bits per heavy atom. The van der Waals surface area contributed by atoms with E-state index in [-0.39, 0.29) is 0 Å². The van der Waals surface area contributed by atoms with E-state index in [9.17, 15) is 0 Å². The number of anilines is 1. The van der Waals surface area contributed by atoms with Crippen molar-refractivity contribution in [1.29, 1.82) is 0 Å². The summed E-state index contributed by atoms with van der Waals surface area (Å²) in [6.07, 6.45) is 0. The van der Waals surface area contributed by atoms with Gasteiger partial charge in [0.05, 0.1) is 5.69 Å². The molecule has 0 fully saturated rings. The van der Waals surface area contributed by atoms with Crippen molar-refractivity contribution >= 4 is 16.5 Å². The van der Waals surface area contributed by atoms with Crippen LogP contribution in [-0.2, 0) is 0 Å². The Balaban J connectivity index is 2.93. The van der Waals surface area contributed by atoms with E-state index in [4.69, 9.17) is 10.4 Å². The van der Waals surface area contributed by atoms with Gasteiger partial charge in [-0.1, -0.05) is 35.5 Å². The molecule has 0 radical (unpaired) electrons. The fraction of sp³-hybridized carbons (Fsp3) is 0. The van der Waals surface area contributed by atoms with Crippen molar-refractivity contribution in [2.24, 2.45) is 5.16 Å². The smallest absolute Gasteiger partial charge is 0.112 e. The summed E-state index contributed by atoms with van der Waals surface area (Å²) in [7, 11) is 0. The molecule has 0 saturated carbocycles. The lowest BCUT2D eigenvalue weighted by atomic mass is 10.2. The Bertz CT molecular complexity index is 552. The highest BCUT2D eigenvalue weighted by Gasteiger charge is 1.95. The zero-order valence-electron chi connectivity index (χ0n) is 7.88. The molecule has 2 aromatic rings. The molecular formula is C11H10N2O2. The highest BCUT2D eigenvalue weighted by Crippen LogP contribution is 2.10. The predicted molar refractivity (Wildman–Crippen MR) is 56.7 cm³/mol. The molecule has 0 aliphatic carbocycles. The predicted octanol–water partition coefficient (Wildman–Crippen LogP) is 1.93. The van der Waals surface area contributed by atoms with Crippen LogP contribution in [0.1, 0.15) is 0 Å². The first kappa shape index (κ1) is 9.48. The minimum Gasteiger partial charge on any atom is -0.410 e. The van der Waals surface area contributed by atoms with Crippen molar-refractivity contribution in [3.05, 3.63) is 47.8 Å². The first-order chi connectivity index (χ1) is 7.35. The third kappa shape index (κ3) is 1.75. The highest BCUT2D eigenvalue weighted by molar-refractivity contribution is 5.82. The number of fused-ring (bicyclic) bond motifs is 1. The van der Waals surface area contributed by atoms with Crippen LogP contribution in [0.2, 0.25) is 0 Å². The molecular weight excluding hydrogens is 192 g/mol. The molecule has 15 heavy (non-hydrogen) atoms. The Morgan fingerprint density at radius 2 is 1.87 bits per heavy atom. The molecule has 3 N–H and O–H groups in total. The summed E-state index contributed by atoms with van der Waals surface area (Å²) >= 11 is 0. The number of nitrogens with one attached hydrogen (secondary N) is 1. The maximum absolute atomic E-state index is 8.88. The number of rotatable bonds is 1. The molecule has 76 valence electrons. The topological polar surface area (TPSA) is 64.9 Å². The van der Waals surface area contributed by atoms with E-state index in [2.05, 4.69) is 5.16 Å². The lowest BCUT2D eigenvalue weighted by molar-refractivity contribution is 0.303. The summed E-state index contributed by atoms with van der Waals surface area (Å²) < 4.78 is 0. The molecule has 0 unspecified atom stereocenters. The summed E-state index contributed by atoms with van der Waals surface area (Å²) in [5.41, 5.74) is 2.50. The fourth-order valence-corrected chi connectivity index (χ4v) is 1.48. The Labute approximate surface area is 86.1 Å². The van der Waals surface area contributed by atoms with Crippen LogP contribution in [-0.4, -0.2) is 10.4 Å². The normalized spacial score (nSPS) is 11.7. The molecule has 4 heteroatoms. The van der Waals surface area contributed by atoms with Crippen molar-refractivity contribution in [3.63, 3.8) is 0 Å². The first-order valence-corrected chi connectivity index (χ1v) is 4.46. The molecule has 0 aliphatic heterocycles. The molecule has 0 amide bonds. The van der Waals surface area contributed by atoms with Crippen molar-refractivity contribution in [2.75, 3.05) is 5.48 Å². The van der Waals surface area contributed by atoms with Gasteiger partial charge < -0.3 is 5.21 Å². The molecule has 0 aliphatic rings. The quantitative estimate of drug-likeness (QED) is 0.489. The second-order valence-electron chi connectivity index (χ2n) is 3.12. The zero-order chi connectivity index (χ0) is 10.7. The van der Waals surface area contributed by atoms with Crippen LogP contribution in [0.4, 0.5) is 5.69 Å². The molecule has 0 atom stereocenters. The molecule has 0 spiro atoms. The van der Waals surface area contributed by atoms with Gasteiger partial charge in [-0.05, 0) is 17.5 Å². The third-order valence-electron chi connectivity index (χ3n) is 2.21. The Kier molecular flexibility index (Phi) is 2.51. The van der Waals surface area contributed by atoms with Crippen LogP contribution in [0.25, 0.3) is 10.8 Å². The standard InChI is InChI=1S/C11H10N2O2/c14-12-9-6-5-8-3-1-2-4-10(8)11(7-9)13-15/h1-7,12,14-15H. The maximum atomic E-state index is 8.88. The summed E-state index contributed by atoms with van der Waals surface area (Å²) in [6, 6.07) is 12.6. The van der Waals surface area contributed by atoms with E-state index in [1.807, 2.05) is 35.8 Å². The summed E-state index contributed by atoms with van der Waals surface area (Å²) in [5.74, 6) is 0. The van der Waals surface area contributed by atoms with Gasteiger partial charge in [0.1, 0.15) is 5.36 Å². The van der Waals surface area contributed by atoms with E-state index in [1.165, 1.54) is 0 Å². The molecule has 0 bridgehead atoms. The average molecular weight is 202 g/mol.